The standard InChI is InChI=1S/C24H16ClN3/c25-20-11-6-10-18(14-20)24-27-22(16-7-2-1-3-8-16)23(28-24)19-13-17-9-4-5-12-21(17)26-15-19/h1-15H,(H,27,28). The van der Waals surface area contributed by atoms with Gasteiger partial charge in [0.2, 0.25) is 0 Å². The number of benzene rings is 3. The number of halogens is 1. The predicted octanol–water partition coefficient (Wildman–Crippen LogP) is 6.61. The molecular weight excluding hydrogens is 366 g/mol. The Morgan fingerprint density at radius 1 is 0.714 bits per heavy atom. The van der Waals surface area contributed by atoms with Crippen molar-refractivity contribution < 1.29 is 0 Å². The number of H-pyrrole nitrogens is 1. The number of aromatic amines is 1. The van der Waals surface area contributed by atoms with Gasteiger partial charge >= 0.3 is 0 Å². The Hall–Kier alpha value is -3.43. The zero-order valence-electron chi connectivity index (χ0n) is 14.9. The minimum Gasteiger partial charge on any atom is -0.337 e. The fourth-order valence-electron chi connectivity index (χ4n) is 3.37. The summed E-state index contributed by atoms with van der Waals surface area (Å²) in [6, 6.07) is 28.2. The molecule has 1 N–H and O–H groups in total. The number of aromatic nitrogens is 3. The Morgan fingerprint density at radius 2 is 1.50 bits per heavy atom. The topological polar surface area (TPSA) is 41.6 Å². The lowest BCUT2D eigenvalue weighted by atomic mass is 10.0. The summed E-state index contributed by atoms with van der Waals surface area (Å²) in [5, 5.41) is 1.77. The Balaban J connectivity index is 1.72. The second kappa shape index (κ2) is 6.95. The first-order chi connectivity index (χ1) is 13.8. The van der Waals surface area contributed by atoms with E-state index in [4.69, 9.17) is 16.6 Å². The van der Waals surface area contributed by atoms with Crippen LogP contribution in [-0.2, 0) is 0 Å². The van der Waals surface area contributed by atoms with Crippen molar-refractivity contribution in [3.05, 3.63) is 96.1 Å². The van der Waals surface area contributed by atoms with E-state index in [1.54, 1.807) is 0 Å². The molecule has 0 aliphatic carbocycles. The van der Waals surface area contributed by atoms with Gasteiger partial charge in [0.05, 0.1) is 16.9 Å². The van der Waals surface area contributed by atoms with Crippen molar-refractivity contribution in [3.63, 3.8) is 0 Å². The van der Waals surface area contributed by atoms with Crippen LogP contribution in [0.15, 0.2) is 91.1 Å². The van der Waals surface area contributed by atoms with E-state index < -0.39 is 0 Å². The molecule has 134 valence electrons. The Morgan fingerprint density at radius 3 is 2.36 bits per heavy atom. The Bertz CT molecular complexity index is 1280. The molecule has 0 aliphatic rings. The zero-order chi connectivity index (χ0) is 18.9. The number of nitrogens with zero attached hydrogens (tertiary/aromatic N) is 2. The van der Waals surface area contributed by atoms with E-state index in [1.165, 1.54) is 0 Å². The van der Waals surface area contributed by atoms with Crippen LogP contribution in [0.5, 0.6) is 0 Å². The molecule has 0 atom stereocenters. The highest BCUT2D eigenvalue weighted by atomic mass is 35.5. The normalized spacial score (nSPS) is 11.0. The number of nitrogens with one attached hydrogen (secondary N) is 1. The third kappa shape index (κ3) is 3.06. The third-order valence-corrected chi connectivity index (χ3v) is 4.96. The maximum Gasteiger partial charge on any atom is 0.138 e. The molecule has 4 heteroatoms. The molecule has 0 fully saturated rings. The zero-order valence-corrected chi connectivity index (χ0v) is 15.7. The molecule has 0 saturated heterocycles. The highest BCUT2D eigenvalue weighted by Crippen LogP contribution is 2.34. The number of pyridine rings is 1. The van der Waals surface area contributed by atoms with Crippen LogP contribution in [0.1, 0.15) is 0 Å². The van der Waals surface area contributed by atoms with Gasteiger partial charge in [0.1, 0.15) is 5.82 Å². The van der Waals surface area contributed by atoms with Crippen LogP contribution in [0.25, 0.3) is 44.8 Å². The van der Waals surface area contributed by atoms with Gasteiger partial charge in [-0.3, -0.25) is 4.98 Å². The molecule has 0 bridgehead atoms. The second-order valence-corrected chi connectivity index (χ2v) is 7.04. The van der Waals surface area contributed by atoms with Crippen LogP contribution in [0.3, 0.4) is 0 Å². The van der Waals surface area contributed by atoms with Gasteiger partial charge in [0, 0.05) is 33.3 Å². The van der Waals surface area contributed by atoms with E-state index in [9.17, 15) is 0 Å². The Labute approximate surface area is 167 Å². The SMILES string of the molecule is Clc1cccc(-c2nc(-c3cnc4ccccc4c3)c(-c3ccccc3)[nH]2)c1. The number of para-hydroxylation sites is 1. The largest absolute Gasteiger partial charge is 0.337 e. The van der Waals surface area contributed by atoms with Crippen LogP contribution in [0, 0.1) is 0 Å². The van der Waals surface area contributed by atoms with Crippen LogP contribution in [0.4, 0.5) is 0 Å². The van der Waals surface area contributed by atoms with Crippen molar-refractivity contribution in [2.75, 3.05) is 0 Å². The fourth-order valence-corrected chi connectivity index (χ4v) is 3.56. The quantitative estimate of drug-likeness (QED) is 0.382. The first-order valence-electron chi connectivity index (χ1n) is 9.04. The van der Waals surface area contributed by atoms with Gasteiger partial charge in [-0.2, -0.15) is 0 Å². The van der Waals surface area contributed by atoms with Crippen molar-refractivity contribution in [1.82, 2.24) is 15.0 Å². The molecule has 0 amide bonds. The van der Waals surface area contributed by atoms with Gasteiger partial charge < -0.3 is 4.98 Å². The summed E-state index contributed by atoms with van der Waals surface area (Å²) < 4.78 is 0. The summed E-state index contributed by atoms with van der Waals surface area (Å²) in [5.41, 5.74) is 5.81. The summed E-state index contributed by atoms with van der Waals surface area (Å²) in [6.07, 6.45) is 1.88. The molecule has 0 saturated carbocycles. The molecule has 0 spiro atoms. The van der Waals surface area contributed by atoms with E-state index >= 15 is 0 Å². The van der Waals surface area contributed by atoms with Gasteiger partial charge in [-0.1, -0.05) is 72.3 Å². The van der Waals surface area contributed by atoms with Crippen molar-refractivity contribution in [2.24, 2.45) is 0 Å². The minimum atomic E-state index is 0.684. The molecule has 0 radical (unpaired) electrons. The number of hydrogen-bond donors (Lipinski definition) is 1. The first-order valence-corrected chi connectivity index (χ1v) is 9.42. The summed E-state index contributed by atoms with van der Waals surface area (Å²) in [5.74, 6) is 0.782. The summed E-state index contributed by atoms with van der Waals surface area (Å²) >= 11 is 6.19. The van der Waals surface area contributed by atoms with E-state index in [-0.39, 0.29) is 0 Å². The van der Waals surface area contributed by atoms with Gasteiger partial charge in [-0.15, -0.1) is 0 Å². The lowest BCUT2D eigenvalue weighted by Gasteiger charge is -2.04. The number of rotatable bonds is 3. The summed E-state index contributed by atoms with van der Waals surface area (Å²) in [7, 11) is 0. The van der Waals surface area contributed by atoms with Crippen molar-refractivity contribution >= 4 is 22.5 Å². The number of hydrogen-bond acceptors (Lipinski definition) is 2. The maximum atomic E-state index is 6.19. The van der Waals surface area contributed by atoms with E-state index in [0.717, 1.165) is 44.8 Å². The van der Waals surface area contributed by atoms with Crippen LogP contribution >= 0.6 is 11.6 Å². The van der Waals surface area contributed by atoms with Crippen LogP contribution < -0.4 is 0 Å². The smallest absolute Gasteiger partial charge is 0.138 e. The van der Waals surface area contributed by atoms with Gasteiger partial charge in [-0.25, -0.2) is 4.98 Å². The molecule has 0 aliphatic heterocycles. The molecule has 28 heavy (non-hydrogen) atoms. The average molecular weight is 382 g/mol. The van der Waals surface area contributed by atoms with Gasteiger partial charge in [-0.05, 0) is 24.3 Å². The lowest BCUT2D eigenvalue weighted by Crippen LogP contribution is -1.86. The maximum absolute atomic E-state index is 6.19. The summed E-state index contributed by atoms with van der Waals surface area (Å²) in [6.45, 7) is 0. The summed E-state index contributed by atoms with van der Waals surface area (Å²) in [4.78, 5) is 13.0. The third-order valence-electron chi connectivity index (χ3n) is 4.73. The fraction of sp³-hybridized carbons (Fsp3) is 0. The van der Waals surface area contributed by atoms with Crippen molar-refractivity contribution in [3.8, 4) is 33.9 Å². The number of imidazole rings is 1. The van der Waals surface area contributed by atoms with Crippen LogP contribution in [-0.4, -0.2) is 15.0 Å². The van der Waals surface area contributed by atoms with Crippen LogP contribution in [0.2, 0.25) is 5.02 Å². The van der Waals surface area contributed by atoms with Crippen molar-refractivity contribution in [1.29, 1.82) is 0 Å². The predicted molar refractivity (Wildman–Crippen MR) is 115 cm³/mol. The average Bonchev–Trinajstić information content (AvgIpc) is 3.20. The molecule has 5 aromatic rings. The van der Waals surface area contributed by atoms with Gasteiger partial charge in [0.15, 0.2) is 0 Å². The molecule has 2 aromatic heterocycles. The van der Waals surface area contributed by atoms with E-state index in [1.807, 2.05) is 66.9 Å². The van der Waals surface area contributed by atoms with Gasteiger partial charge in [0.25, 0.3) is 0 Å². The van der Waals surface area contributed by atoms with Crippen molar-refractivity contribution in [2.45, 2.75) is 0 Å². The molecule has 0 unspecified atom stereocenters. The number of fused-ring (bicyclic) bond motifs is 1. The monoisotopic (exact) mass is 381 g/mol. The highest BCUT2D eigenvalue weighted by Gasteiger charge is 2.16. The van der Waals surface area contributed by atoms with E-state index in [0.29, 0.717) is 5.02 Å². The molecule has 2 heterocycles. The second-order valence-electron chi connectivity index (χ2n) is 6.60. The first kappa shape index (κ1) is 16.7. The molecular formula is C24H16ClN3. The minimum absolute atomic E-state index is 0.684. The lowest BCUT2D eigenvalue weighted by molar-refractivity contribution is 1.30. The molecule has 3 aromatic carbocycles. The molecule has 3 nitrogen and oxygen atoms in total. The highest BCUT2D eigenvalue weighted by molar-refractivity contribution is 6.30. The van der Waals surface area contributed by atoms with E-state index in [2.05, 4.69) is 34.2 Å². The Kier molecular flexibility index (Phi) is 4.15. The molecule has 5 rings (SSSR count).